The molecule has 1 spiro atoms. The second-order valence-electron chi connectivity index (χ2n) is 7.31. The summed E-state index contributed by atoms with van der Waals surface area (Å²) in [7, 11) is 2.04. The zero-order valence-corrected chi connectivity index (χ0v) is 12.9. The van der Waals surface area contributed by atoms with Gasteiger partial charge in [0.2, 0.25) is 0 Å². The smallest absolute Gasteiger partial charge is 0.138 e. The van der Waals surface area contributed by atoms with Gasteiger partial charge in [-0.3, -0.25) is 4.79 Å². The van der Waals surface area contributed by atoms with Crippen LogP contribution in [0.1, 0.15) is 70.6 Å². The Morgan fingerprint density at radius 2 is 1.90 bits per heavy atom. The monoisotopic (exact) mass is 279 g/mol. The highest BCUT2D eigenvalue weighted by Gasteiger charge is 2.45. The molecule has 20 heavy (non-hydrogen) atoms. The molecule has 0 aromatic carbocycles. The van der Waals surface area contributed by atoms with Gasteiger partial charge < -0.3 is 10.1 Å². The Balaban J connectivity index is 1.60. The fourth-order valence-corrected chi connectivity index (χ4v) is 4.44. The second kappa shape index (κ2) is 5.76. The van der Waals surface area contributed by atoms with E-state index in [2.05, 4.69) is 5.32 Å². The Morgan fingerprint density at radius 1 is 1.15 bits per heavy atom. The Labute approximate surface area is 122 Å². The first-order valence-electron chi connectivity index (χ1n) is 8.53. The van der Waals surface area contributed by atoms with Crippen molar-refractivity contribution in [3.8, 4) is 0 Å². The second-order valence-corrected chi connectivity index (χ2v) is 7.31. The normalized spacial score (nSPS) is 31.8. The zero-order valence-electron chi connectivity index (χ0n) is 12.9. The minimum Gasteiger partial charge on any atom is -0.375 e. The third-order valence-electron chi connectivity index (χ3n) is 6.07. The number of ether oxygens (including phenoxy) is 1. The molecule has 0 aromatic rings. The standard InChI is InChI=1S/C17H29NO2/c1-18-16(7-3-2-4-8-16)13-15(19)14-6-11-20-17(12-14)9-5-10-17/h14,18H,2-13H2,1H3. The van der Waals surface area contributed by atoms with Crippen molar-refractivity contribution >= 4 is 5.78 Å². The highest BCUT2D eigenvalue weighted by Crippen LogP contribution is 2.45. The molecule has 2 aliphatic carbocycles. The van der Waals surface area contributed by atoms with E-state index in [0.717, 1.165) is 25.9 Å². The van der Waals surface area contributed by atoms with Gasteiger partial charge in [-0.2, -0.15) is 0 Å². The van der Waals surface area contributed by atoms with E-state index in [-0.39, 0.29) is 17.1 Å². The molecule has 114 valence electrons. The van der Waals surface area contributed by atoms with Crippen LogP contribution < -0.4 is 5.32 Å². The largest absolute Gasteiger partial charge is 0.375 e. The number of rotatable bonds is 4. The van der Waals surface area contributed by atoms with Crippen LogP contribution in [0, 0.1) is 5.92 Å². The summed E-state index contributed by atoms with van der Waals surface area (Å²) in [6, 6.07) is 0. The van der Waals surface area contributed by atoms with Gasteiger partial charge in [-0.15, -0.1) is 0 Å². The molecule has 0 radical (unpaired) electrons. The summed E-state index contributed by atoms with van der Waals surface area (Å²) in [5, 5.41) is 3.48. The molecule has 1 N–H and O–H groups in total. The molecule has 3 heteroatoms. The molecule has 1 heterocycles. The van der Waals surface area contributed by atoms with E-state index in [1.165, 1.54) is 51.4 Å². The van der Waals surface area contributed by atoms with E-state index in [4.69, 9.17) is 4.74 Å². The Hall–Kier alpha value is -0.410. The maximum Gasteiger partial charge on any atom is 0.138 e. The lowest BCUT2D eigenvalue weighted by molar-refractivity contribution is -0.156. The highest BCUT2D eigenvalue weighted by molar-refractivity contribution is 5.82. The van der Waals surface area contributed by atoms with Crippen molar-refractivity contribution in [1.29, 1.82) is 0 Å². The van der Waals surface area contributed by atoms with Crippen LogP contribution in [-0.4, -0.2) is 30.6 Å². The first-order valence-corrected chi connectivity index (χ1v) is 8.53. The first-order chi connectivity index (χ1) is 9.67. The summed E-state index contributed by atoms with van der Waals surface area (Å²) in [6.07, 6.45) is 12.5. The summed E-state index contributed by atoms with van der Waals surface area (Å²) in [4.78, 5) is 12.8. The molecule has 3 fully saturated rings. The molecular formula is C17H29NO2. The summed E-state index contributed by atoms with van der Waals surface area (Å²) >= 11 is 0. The summed E-state index contributed by atoms with van der Waals surface area (Å²) in [5.41, 5.74) is 0.193. The van der Waals surface area contributed by atoms with Crippen molar-refractivity contribution in [2.24, 2.45) is 5.92 Å². The maximum absolute atomic E-state index is 12.8. The molecule has 1 unspecified atom stereocenters. The first kappa shape index (κ1) is 14.5. The third-order valence-corrected chi connectivity index (χ3v) is 6.07. The van der Waals surface area contributed by atoms with Crippen LogP contribution in [0.3, 0.4) is 0 Å². The van der Waals surface area contributed by atoms with Crippen molar-refractivity contribution in [2.75, 3.05) is 13.7 Å². The molecule has 1 saturated heterocycles. The van der Waals surface area contributed by atoms with Gasteiger partial charge in [0.05, 0.1) is 5.60 Å². The minimum absolute atomic E-state index is 0.0952. The topological polar surface area (TPSA) is 38.3 Å². The molecule has 3 rings (SSSR count). The summed E-state index contributed by atoms with van der Waals surface area (Å²) < 4.78 is 5.96. The number of carbonyl (C=O) groups excluding carboxylic acids is 1. The van der Waals surface area contributed by atoms with E-state index < -0.39 is 0 Å². The van der Waals surface area contributed by atoms with E-state index in [9.17, 15) is 4.79 Å². The zero-order chi connectivity index (χ0) is 14.1. The van der Waals surface area contributed by atoms with Crippen LogP contribution in [0.2, 0.25) is 0 Å². The number of hydrogen-bond donors (Lipinski definition) is 1. The fraction of sp³-hybridized carbons (Fsp3) is 0.941. The van der Waals surface area contributed by atoms with Gasteiger partial charge in [-0.05, 0) is 52.0 Å². The Morgan fingerprint density at radius 3 is 2.50 bits per heavy atom. The molecule has 1 aliphatic heterocycles. The van der Waals surface area contributed by atoms with Gasteiger partial charge >= 0.3 is 0 Å². The van der Waals surface area contributed by atoms with Gasteiger partial charge in [-0.25, -0.2) is 0 Å². The molecular weight excluding hydrogens is 250 g/mol. The maximum atomic E-state index is 12.8. The summed E-state index contributed by atoms with van der Waals surface area (Å²) in [5.74, 6) is 0.757. The number of nitrogens with one attached hydrogen (secondary N) is 1. The third kappa shape index (κ3) is 2.80. The van der Waals surface area contributed by atoms with Gasteiger partial charge in [-0.1, -0.05) is 19.3 Å². The number of ketones is 1. The molecule has 2 saturated carbocycles. The number of carbonyl (C=O) groups is 1. The van der Waals surface area contributed by atoms with Crippen molar-refractivity contribution in [2.45, 2.75) is 81.8 Å². The van der Waals surface area contributed by atoms with Crippen molar-refractivity contribution < 1.29 is 9.53 Å². The van der Waals surface area contributed by atoms with Crippen LogP contribution in [0.15, 0.2) is 0 Å². The van der Waals surface area contributed by atoms with E-state index in [1.807, 2.05) is 7.05 Å². The van der Waals surface area contributed by atoms with Gasteiger partial charge in [0, 0.05) is 24.5 Å². The Kier molecular flexibility index (Phi) is 4.19. The van der Waals surface area contributed by atoms with E-state index in [1.54, 1.807) is 0 Å². The average molecular weight is 279 g/mol. The van der Waals surface area contributed by atoms with Gasteiger partial charge in [0.15, 0.2) is 0 Å². The van der Waals surface area contributed by atoms with E-state index in [0.29, 0.717) is 5.78 Å². The Bertz CT molecular complexity index is 356. The molecule has 0 aromatic heterocycles. The molecule has 0 amide bonds. The van der Waals surface area contributed by atoms with Crippen molar-refractivity contribution in [3.63, 3.8) is 0 Å². The SMILES string of the molecule is CNC1(CC(=O)C2CCOC3(CCC3)C2)CCCCC1. The molecule has 3 nitrogen and oxygen atoms in total. The molecule has 0 bridgehead atoms. The molecule has 3 aliphatic rings. The lowest BCUT2D eigenvalue weighted by Crippen LogP contribution is -2.50. The van der Waals surface area contributed by atoms with Crippen molar-refractivity contribution in [3.05, 3.63) is 0 Å². The van der Waals surface area contributed by atoms with Crippen molar-refractivity contribution in [1.82, 2.24) is 5.32 Å². The van der Waals surface area contributed by atoms with E-state index >= 15 is 0 Å². The predicted molar refractivity (Wildman–Crippen MR) is 79.8 cm³/mol. The van der Waals surface area contributed by atoms with Crippen LogP contribution in [0.5, 0.6) is 0 Å². The average Bonchev–Trinajstić information content (AvgIpc) is 2.46. The van der Waals surface area contributed by atoms with Crippen LogP contribution in [-0.2, 0) is 9.53 Å². The summed E-state index contributed by atoms with van der Waals surface area (Å²) in [6.45, 7) is 0.795. The number of hydrogen-bond acceptors (Lipinski definition) is 3. The minimum atomic E-state index is 0.0952. The molecule has 1 atom stereocenters. The van der Waals surface area contributed by atoms with Gasteiger partial charge in [0.1, 0.15) is 5.78 Å². The van der Waals surface area contributed by atoms with Crippen LogP contribution >= 0.6 is 0 Å². The van der Waals surface area contributed by atoms with Crippen LogP contribution in [0.25, 0.3) is 0 Å². The fourth-order valence-electron chi connectivity index (χ4n) is 4.44. The van der Waals surface area contributed by atoms with Crippen LogP contribution in [0.4, 0.5) is 0 Å². The van der Waals surface area contributed by atoms with Gasteiger partial charge in [0.25, 0.3) is 0 Å². The number of Topliss-reactive ketones (excluding diaryl/α,β-unsaturated/α-hetero) is 1. The predicted octanol–water partition coefficient (Wildman–Crippen LogP) is 3.22. The highest BCUT2D eigenvalue weighted by atomic mass is 16.5. The lowest BCUT2D eigenvalue weighted by atomic mass is 9.69. The quantitative estimate of drug-likeness (QED) is 0.858. The lowest BCUT2D eigenvalue weighted by Gasteiger charge is -2.47.